The van der Waals surface area contributed by atoms with Gasteiger partial charge in [-0.15, -0.1) is 0 Å². The number of primary amides is 1. The zero-order valence-corrected chi connectivity index (χ0v) is 14.7. The molecular weight excluding hydrogens is 358 g/mol. The molecule has 0 fully saturated rings. The van der Waals surface area contributed by atoms with Crippen LogP contribution in [0.4, 0.5) is 11.6 Å². The fourth-order valence-electron chi connectivity index (χ4n) is 1.91. The van der Waals surface area contributed by atoms with Crippen molar-refractivity contribution in [2.24, 2.45) is 10.8 Å². The molecule has 1 aromatic heterocycles. The van der Waals surface area contributed by atoms with Crippen LogP contribution < -0.4 is 15.9 Å². The van der Waals surface area contributed by atoms with Gasteiger partial charge in [-0.2, -0.15) is 10.4 Å². The first-order chi connectivity index (χ1) is 12.2. The van der Waals surface area contributed by atoms with Crippen LogP contribution in [0.3, 0.4) is 0 Å². The van der Waals surface area contributed by atoms with Crippen LogP contribution in [0.1, 0.15) is 11.4 Å². The first-order valence-corrected chi connectivity index (χ1v) is 8.68. The van der Waals surface area contributed by atoms with E-state index in [0.717, 1.165) is 0 Å². The van der Waals surface area contributed by atoms with E-state index in [2.05, 4.69) is 25.2 Å². The maximum absolute atomic E-state index is 12.4. The predicted octanol–water partition coefficient (Wildman–Crippen LogP) is 0.671. The number of carbonyl (C=O) groups excluding carboxylic acids is 1. The lowest BCUT2D eigenvalue weighted by atomic mass is 10.3. The Morgan fingerprint density at radius 3 is 2.27 bits per heavy atom. The molecule has 1 amide bonds. The fraction of sp³-hybridized carbons (Fsp3) is 0.133. The van der Waals surface area contributed by atoms with Crippen molar-refractivity contribution in [3.63, 3.8) is 0 Å². The smallest absolute Gasteiger partial charge is 0.280 e. The zero-order chi connectivity index (χ0) is 19.3. The Morgan fingerprint density at radius 2 is 1.77 bits per heavy atom. The number of anilines is 2. The second kappa shape index (κ2) is 7.58. The van der Waals surface area contributed by atoms with Gasteiger partial charge in [-0.3, -0.25) is 10.2 Å². The number of rotatable bonds is 6. The van der Waals surface area contributed by atoms with Crippen molar-refractivity contribution < 1.29 is 13.2 Å². The van der Waals surface area contributed by atoms with E-state index < -0.39 is 21.6 Å². The molecule has 1 aromatic carbocycles. The Morgan fingerprint density at radius 1 is 1.19 bits per heavy atom. The minimum Gasteiger partial charge on any atom is -0.364 e. The summed E-state index contributed by atoms with van der Waals surface area (Å²) in [5, 5.41) is 12.2. The molecule has 0 saturated carbocycles. The summed E-state index contributed by atoms with van der Waals surface area (Å²) in [5.41, 5.74) is 8.53. The molecule has 0 unspecified atom stereocenters. The molecule has 0 radical (unpaired) electrons. The molecule has 10 nitrogen and oxygen atoms in total. The SMILES string of the molecule is Cc1cc(C)nc(NS(=O)(=O)c2ccc(N/N=C(\C#N)C(N)=O)cc2)n1. The average molecular weight is 373 g/mol. The molecule has 2 aromatic rings. The number of hydrogen-bond acceptors (Lipinski definition) is 8. The van der Waals surface area contributed by atoms with Crippen molar-refractivity contribution in [1.29, 1.82) is 5.26 Å². The molecule has 134 valence electrons. The molecule has 26 heavy (non-hydrogen) atoms. The summed E-state index contributed by atoms with van der Waals surface area (Å²) < 4.78 is 27.1. The van der Waals surface area contributed by atoms with Gasteiger partial charge in [0.1, 0.15) is 6.07 Å². The molecule has 0 atom stereocenters. The van der Waals surface area contributed by atoms with Crippen molar-refractivity contribution in [1.82, 2.24) is 9.97 Å². The summed E-state index contributed by atoms with van der Waals surface area (Å²) in [7, 11) is -3.88. The van der Waals surface area contributed by atoms with E-state index in [1.54, 1.807) is 19.9 Å². The molecule has 0 spiro atoms. The summed E-state index contributed by atoms with van der Waals surface area (Å²) in [6.45, 7) is 3.46. The highest BCUT2D eigenvalue weighted by Gasteiger charge is 2.16. The largest absolute Gasteiger partial charge is 0.364 e. The highest BCUT2D eigenvalue weighted by molar-refractivity contribution is 7.92. The molecule has 0 saturated heterocycles. The Bertz CT molecular complexity index is 988. The van der Waals surface area contributed by atoms with E-state index in [9.17, 15) is 13.2 Å². The molecule has 0 aliphatic rings. The van der Waals surface area contributed by atoms with Gasteiger partial charge in [-0.25, -0.2) is 23.1 Å². The van der Waals surface area contributed by atoms with E-state index in [1.165, 1.54) is 30.3 Å². The summed E-state index contributed by atoms with van der Waals surface area (Å²) in [6.07, 6.45) is 0. The van der Waals surface area contributed by atoms with E-state index >= 15 is 0 Å². The van der Waals surface area contributed by atoms with Crippen molar-refractivity contribution in [2.75, 3.05) is 10.1 Å². The number of benzene rings is 1. The van der Waals surface area contributed by atoms with Gasteiger partial charge in [0.25, 0.3) is 15.9 Å². The number of hydrogen-bond donors (Lipinski definition) is 3. The standard InChI is InChI=1S/C15H15N7O3S/c1-9-7-10(2)19-15(18-9)22-26(24,25)12-5-3-11(4-6-12)20-21-13(8-16)14(17)23/h3-7,20H,1-2H3,(H2,17,23)(H,18,19,22)/b21-13+. The quantitative estimate of drug-likeness (QED) is 0.495. The van der Waals surface area contributed by atoms with Gasteiger partial charge >= 0.3 is 0 Å². The minimum absolute atomic E-state index is 0.0191. The number of aromatic nitrogens is 2. The molecule has 1 heterocycles. The number of nitriles is 1. The Kier molecular flexibility index (Phi) is 5.48. The third kappa shape index (κ3) is 4.74. The lowest BCUT2D eigenvalue weighted by Crippen LogP contribution is -2.22. The number of nitrogens with one attached hydrogen (secondary N) is 2. The van der Waals surface area contributed by atoms with Crippen molar-refractivity contribution in [3.05, 3.63) is 41.7 Å². The maximum Gasteiger partial charge on any atom is 0.280 e. The first-order valence-electron chi connectivity index (χ1n) is 7.20. The lowest BCUT2D eigenvalue weighted by molar-refractivity contribution is -0.111. The minimum atomic E-state index is -3.88. The number of hydrazone groups is 1. The van der Waals surface area contributed by atoms with E-state index in [4.69, 9.17) is 11.0 Å². The molecule has 4 N–H and O–H groups in total. The van der Waals surface area contributed by atoms with Crippen molar-refractivity contribution in [2.45, 2.75) is 18.7 Å². The lowest BCUT2D eigenvalue weighted by Gasteiger charge is -2.08. The van der Waals surface area contributed by atoms with Gasteiger partial charge in [0, 0.05) is 11.4 Å². The number of carbonyl (C=O) groups is 1. The highest BCUT2D eigenvalue weighted by Crippen LogP contribution is 2.17. The fourth-order valence-corrected chi connectivity index (χ4v) is 2.86. The molecule has 11 heteroatoms. The van der Waals surface area contributed by atoms with Gasteiger partial charge < -0.3 is 5.73 Å². The molecular formula is C15H15N7O3S. The average Bonchev–Trinajstić information content (AvgIpc) is 2.54. The highest BCUT2D eigenvalue weighted by atomic mass is 32.2. The van der Waals surface area contributed by atoms with Crippen LogP contribution in [-0.4, -0.2) is 30.0 Å². The van der Waals surface area contributed by atoms with E-state index in [0.29, 0.717) is 17.1 Å². The Balaban J connectivity index is 2.18. The van der Waals surface area contributed by atoms with E-state index in [1.807, 2.05) is 0 Å². The van der Waals surface area contributed by atoms with Crippen LogP contribution in [0.15, 0.2) is 40.3 Å². The van der Waals surface area contributed by atoms with Crippen molar-refractivity contribution >= 4 is 33.3 Å². The molecule has 0 bridgehead atoms. The third-order valence-corrected chi connectivity index (χ3v) is 4.35. The van der Waals surface area contributed by atoms with Crippen LogP contribution in [0, 0.1) is 25.2 Å². The second-order valence-corrected chi connectivity index (χ2v) is 6.83. The summed E-state index contributed by atoms with van der Waals surface area (Å²) in [5.74, 6) is -0.994. The normalized spacial score (nSPS) is 11.5. The number of nitrogens with two attached hydrogens (primary N) is 1. The first kappa shape index (κ1) is 18.8. The van der Waals surface area contributed by atoms with Crippen LogP contribution in [-0.2, 0) is 14.8 Å². The summed E-state index contributed by atoms with van der Waals surface area (Å²) in [4.78, 5) is 18.9. The topological polar surface area (TPSA) is 163 Å². The van der Waals surface area contributed by atoms with Gasteiger partial charge in [-0.1, -0.05) is 0 Å². The number of aryl methyl sites for hydroxylation is 2. The summed E-state index contributed by atoms with van der Waals surface area (Å²) >= 11 is 0. The van der Waals surface area contributed by atoms with Crippen LogP contribution in [0.25, 0.3) is 0 Å². The maximum atomic E-state index is 12.4. The molecule has 0 aliphatic carbocycles. The van der Waals surface area contributed by atoms with Gasteiger partial charge in [-0.05, 0) is 44.2 Å². The van der Waals surface area contributed by atoms with Gasteiger partial charge in [0.2, 0.25) is 11.7 Å². The number of sulfonamides is 1. The molecule has 2 rings (SSSR count). The second-order valence-electron chi connectivity index (χ2n) is 5.15. The van der Waals surface area contributed by atoms with Gasteiger partial charge in [0.15, 0.2) is 0 Å². The van der Waals surface area contributed by atoms with Crippen LogP contribution in [0.2, 0.25) is 0 Å². The molecule has 0 aliphatic heterocycles. The van der Waals surface area contributed by atoms with Gasteiger partial charge in [0.05, 0.1) is 10.6 Å². The Hall–Kier alpha value is -3.52. The summed E-state index contributed by atoms with van der Waals surface area (Å²) in [6, 6.07) is 8.72. The zero-order valence-electron chi connectivity index (χ0n) is 13.9. The van der Waals surface area contributed by atoms with Crippen molar-refractivity contribution in [3.8, 4) is 6.07 Å². The number of nitrogens with zero attached hydrogens (tertiary/aromatic N) is 4. The van der Waals surface area contributed by atoms with E-state index in [-0.39, 0.29) is 10.8 Å². The predicted molar refractivity (Wildman–Crippen MR) is 94.6 cm³/mol. The van der Waals surface area contributed by atoms with Crippen LogP contribution >= 0.6 is 0 Å². The Labute approximate surface area is 149 Å². The monoisotopic (exact) mass is 373 g/mol. The third-order valence-electron chi connectivity index (χ3n) is 3.01. The number of amides is 1. The van der Waals surface area contributed by atoms with Crippen LogP contribution in [0.5, 0.6) is 0 Å².